The fraction of sp³-hybridized carbons (Fsp3) is 0.458. The first-order chi connectivity index (χ1) is 14.2. The van der Waals surface area contributed by atoms with Gasteiger partial charge in [0, 0.05) is 43.6 Å². The van der Waals surface area contributed by atoms with Gasteiger partial charge in [0.2, 0.25) is 0 Å². The minimum Gasteiger partial charge on any atom is -0.485 e. The molecule has 160 valence electrons. The van der Waals surface area contributed by atoms with Crippen LogP contribution < -0.4 is 10.1 Å². The lowest BCUT2D eigenvalue weighted by atomic mass is 9.82. The molecule has 2 aliphatic heterocycles. The highest BCUT2D eigenvalue weighted by Crippen LogP contribution is 2.47. The van der Waals surface area contributed by atoms with E-state index in [1.165, 1.54) is 5.56 Å². The van der Waals surface area contributed by atoms with Crippen LogP contribution in [0.25, 0.3) is 0 Å². The number of carbonyl (C=O) groups is 1. The number of hydrogen-bond acceptors (Lipinski definition) is 3. The molecule has 0 aliphatic carbocycles. The number of anilines is 1. The molecule has 1 unspecified atom stereocenters. The zero-order chi connectivity index (χ0) is 21.5. The van der Waals surface area contributed by atoms with Gasteiger partial charge in [0.15, 0.2) is 0 Å². The molecule has 2 amide bonds. The van der Waals surface area contributed by atoms with E-state index >= 15 is 0 Å². The van der Waals surface area contributed by atoms with Crippen LogP contribution in [0.5, 0.6) is 5.75 Å². The topological polar surface area (TPSA) is 61.8 Å². The van der Waals surface area contributed by atoms with E-state index in [1.807, 2.05) is 24.3 Å². The molecule has 0 aromatic heterocycles. The average Bonchev–Trinajstić information content (AvgIpc) is 2.69. The van der Waals surface area contributed by atoms with Crippen LogP contribution in [0.1, 0.15) is 57.3 Å². The third-order valence-corrected chi connectivity index (χ3v) is 6.50. The van der Waals surface area contributed by atoms with E-state index < -0.39 is 11.7 Å². The number of halogens is 1. The van der Waals surface area contributed by atoms with Gasteiger partial charge in [-0.1, -0.05) is 56.6 Å². The number of fused-ring (bicyclic) bond motifs is 1. The van der Waals surface area contributed by atoms with Crippen LogP contribution >= 0.6 is 11.6 Å². The third-order valence-electron chi connectivity index (χ3n) is 6.20. The van der Waals surface area contributed by atoms with Crippen LogP contribution in [-0.4, -0.2) is 34.7 Å². The van der Waals surface area contributed by atoms with Crippen LogP contribution in [0.15, 0.2) is 42.5 Å². The van der Waals surface area contributed by atoms with Crippen molar-refractivity contribution in [1.29, 1.82) is 0 Å². The number of aliphatic hydroxyl groups is 1. The van der Waals surface area contributed by atoms with E-state index in [1.54, 1.807) is 11.0 Å². The molecule has 1 atom stereocenters. The quantitative estimate of drug-likeness (QED) is 0.628. The van der Waals surface area contributed by atoms with Crippen molar-refractivity contribution in [2.24, 2.45) is 0 Å². The number of piperidine rings is 1. The minimum atomic E-state index is -0.603. The summed E-state index contributed by atoms with van der Waals surface area (Å²) in [5, 5.41) is 14.1. The van der Waals surface area contributed by atoms with Gasteiger partial charge < -0.3 is 20.1 Å². The van der Waals surface area contributed by atoms with Gasteiger partial charge >= 0.3 is 6.03 Å². The Kier molecular flexibility index (Phi) is 5.45. The molecule has 1 spiro atoms. The van der Waals surface area contributed by atoms with Gasteiger partial charge in [-0.25, -0.2) is 4.79 Å². The molecule has 2 heterocycles. The van der Waals surface area contributed by atoms with Crippen molar-refractivity contribution in [3.63, 3.8) is 0 Å². The van der Waals surface area contributed by atoms with Crippen molar-refractivity contribution in [2.45, 2.75) is 57.2 Å². The standard InChI is InChI=1S/C24H29ClN2O3/c1-23(2,3)16-7-9-17(10-8-16)26-22(29)27-13-11-24(12-14-27)15-20(28)18-5-4-6-19(25)21(18)30-24/h4-10,20,28H,11-15H2,1-3H3,(H,26,29). The highest BCUT2D eigenvalue weighted by atomic mass is 35.5. The number of likely N-dealkylation sites (tertiary alicyclic amines) is 1. The summed E-state index contributed by atoms with van der Waals surface area (Å²) >= 11 is 6.31. The fourth-order valence-corrected chi connectivity index (χ4v) is 4.52. The lowest BCUT2D eigenvalue weighted by Gasteiger charge is -2.46. The Hall–Kier alpha value is -2.24. The summed E-state index contributed by atoms with van der Waals surface area (Å²) in [6.07, 6.45) is 1.23. The fourth-order valence-electron chi connectivity index (χ4n) is 4.30. The molecule has 1 fully saturated rings. The van der Waals surface area contributed by atoms with Crippen molar-refractivity contribution in [2.75, 3.05) is 18.4 Å². The Bertz CT molecular complexity index is 928. The molecule has 5 nitrogen and oxygen atoms in total. The van der Waals surface area contributed by atoms with Gasteiger partial charge in [0.05, 0.1) is 11.1 Å². The number of para-hydroxylation sites is 1. The molecule has 0 radical (unpaired) electrons. The maximum absolute atomic E-state index is 12.7. The molecular formula is C24H29ClN2O3. The van der Waals surface area contributed by atoms with Crippen molar-refractivity contribution < 1.29 is 14.6 Å². The maximum atomic E-state index is 12.7. The van der Waals surface area contributed by atoms with E-state index in [9.17, 15) is 9.90 Å². The highest BCUT2D eigenvalue weighted by molar-refractivity contribution is 6.32. The number of nitrogens with one attached hydrogen (secondary N) is 1. The van der Waals surface area contributed by atoms with Crippen LogP contribution in [0.2, 0.25) is 5.02 Å². The van der Waals surface area contributed by atoms with Gasteiger partial charge in [-0.15, -0.1) is 0 Å². The Labute approximate surface area is 183 Å². The van der Waals surface area contributed by atoms with Gasteiger partial charge in [-0.2, -0.15) is 0 Å². The second kappa shape index (κ2) is 7.78. The lowest BCUT2D eigenvalue weighted by molar-refractivity contribution is -0.0470. The van der Waals surface area contributed by atoms with E-state index in [2.05, 4.69) is 38.2 Å². The first-order valence-corrected chi connectivity index (χ1v) is 10.9. The number of ether oxygens (including phenoxy) is 1. The SMILES string of the molecule is CC(C)(C)c1ccc(NC(=O)N2CCC3(CC2)CC(O)c2cccc(Cl)c2O3)cc1. The Morgan fingerprint density at radius 3 is 2.47 bits per heavy atom. The van der Waals surface area contributed by atoms with Gasteiger partial charge in [-0.05, 0) is 29.2 Å². The minimum absolute atomic E-state index is 0.0792. The first kappa shape index (κ1) is 21.0. The lowest BCUT2D eigenvalue weighted by Crippen LogP contribution is -2.52. The smallest absolute Gasteiger partial charge is 0.321 e. The number of benzene rings is 2. The summed E-state index contributed by atoms with van der Waals surface area (Å²) in [5.74, 6) is 0.578. The Morgan fingerprint density at radius 2 is 1.83 bits per heavy atom. The van der Waals surface area contributed by atoms with Crippen molar-refractivity contribution in [1.82, 2.24) is 4.90 Å². The summed E-state index contributed by atoms with van der Waals surface area (Å²) in [5.41, 5.74) is 2.36. The summed E-state index contributed by atoms with van der Waals surface area (Å²) in [6, 6.07) is 13.4. The molecule has 0 bridgehead atoms. The molecule has 2 N–H and O–H groups in total. The largest absolute Gasteiger partial charge is 0.485 e. The summed E-state index contributed by atoms with van der Waals surface area (Å²) in [4.78, 5) is 14.5. The Balaban J connectivity index is 1.39. The molecular weight excluding hydrogens is 400 g/mol. The second-order valence-electron chi connectivity index (χ2n) is 9.41. The van der Waals surface area contributed by atoms with E-state index in [-0.39, 0.29) is 11.4 Å². The number of urea groups is 1. The third kappa shape index (κ3) is 4.14. The summed E-state index contributed by atoms with van der Waals surface area (Å²) in [6.45, 7) is 7.64. The van der Waals surface area contributed by atoms with Gasteiger partial charge in [0.1, 0.15) is 11.4 Å². The first-order valence-electron chi connectivity index (χ1n) is 10.5. The van der Waals surface area contributed by atoms with Crippen molar-refractivity contribution >= 4 is 23.3 Å². The van der Waals surface area contributed by atoms with Gasteiger partial charge in [-0.3, -0.25) is 0 Å². The van der Waals surface area contributed by atoms with Crippen LogP contribution in [0, 0.1) is 0 Å². The number of rotatable bonds is 1. The Morgan fingerprint density at radius 1 is 1.17 bits per heavy atom. The summed E-state index contributed by atoms with van der Waals surface area (Å²) in [7, 11) is 0. The molecule has 2 aromatic rings. The predicted molar refractivity (Wildman–Crippen MR) is 119 cm³/mol. The molecule has 30 heavy (non-hydrogen) atoms. The molecule has 4 rings (SSSR count). The summed E-state index contributed by atoms with van der Waals surface area (Å²) < 4.78 is 6.30. The second-order valence-corrected chi connectivity index (χ2v) is 9.81. The van der Waals surface area contributed by atoms with E-state index in [4.69, 9.17) is 16.3 Å². The predicted octanol–water partition coefficient (Wildman–Crippen LogP) is 5.52. The van der Waals surface area contributed by atoms with E-state index in [0.717, 1.165) is 11.3 Å². The average molecular weight is 429 g/mol. The van der Waals surface area contributed by atoms with Gasteiger partial charge in [0.25, 0.3) is 0 Å². The number of hydrogen-bond donors (Lipinski definition) is 2. The number of aliphatic hydroxyl groups excluding tert-OH is 1. The molecule has 0 saturated carbocycles. The number of nitrogens with zero attached hydrogens (tertiary/aromatic N) is 1. The van der Waals surface area contributed by atoms with Crippen LogP contribution in [0.3, 0.4) is 0 Å². The van der Waals surface area contributed by atoms with Crippen molar-refractivity contribution in [3.8, 4) is 5.75 Å². The monoisotopic (exact) mass is 428 g/mol. The molecule has 1 saturated heterocycles. The number of amides is 2. The van der Waals surface area contributed by atoms with Crippen LogP contribution in [-0.2, 0) is 5.41 Å². The zero-order valence-electron chi connectivity index (χ0n) is 17.7. The highest BCUT2D eigenvalue weighted by Gasteiger charge is 2.44. The maximum Gasteiger partial charge on any atom is 0.321 e. The van der Waals surface area contributed by atoms with E-state index in [0.29, 0.717) is 43.1 Å². The zero-order valence-corrected chi connectivity index (χ0v) is 18.5. The number of carbonyl (C=O) groups excluding carboxylic acids is 1. The van der Waals surface area contributed by atoms with Crippen molar-refractivity contribution in [3.05, 3.63) is 58.6 Å². The van der Waals surface area contributed by atoms with Crippen LogP contribution in [0.4, 0.5) is 10.5 Å². The molecule has 2 aromatic carbocycles. The molecule has 2 aliphatic rings. The normalized spacial score (nSPS) is 20.4. The molecule has 6 heteroatoms.